The van der Waals surface area contributed by atoms with Crippen LogP contribution in [0.25, 0.3) is 0 Å². The summed E-state index contributed by atoms with van der Waals surface area (Å²) in [6, 6.07) is 6.74. The van der Waals surface area contributed by atoms with Crippen molar-refractivity contribution in [3.8, 4) is 0 Å². The molecule has 0 spiro atoms. The van der Waals surface area contributed by atoms with Gasteiger partial charge in [0.2, 0.25) is 5.91 Å². The summed E-state index contributed by atoms with van der Waals surface area (Å²) >= 11 is 0. The predicted molar refractivity (Wildman–Crippen MR) is 137 cm³/mol. The average Bonchev–Trinajstić information content (AvgIpc) is 3.06. The number of anilines is 1. The fourth-order valence-electron chi connectivity index (χ4n) is 4.81. The van der Waals surface area contributed by atoms with Crippen molar-refractivity contribution in [2.75, 3.05) is 31.1 Å². The summed E-state index contributed by atoms with van der Waals surface area (Å²) in [6.07, 6.45) is 10.7. The molecule has 1 saturated heterocycles. The highest BCUT2D eigenvalue weighted by Crippen LogP contribution is 2.25. The quantitative estimate of drug-likeness (QED) is 0.379. The maximum Gasteiger partial charge on any atom is 0.222 e. The van der Waals surface area contributed by atoms with E-state index in [0.29, 0.717) is 12.8 Å². The van der Waals surface area contributed by atoms with Crippen LogP contribution in [-0.2, 0) is 11.2 Å². The fourth-order valence-corrected chi connectivity index (χ4v) is 4.81. The van der Waals surface area contributed by atoms with Crippen LogP contribution in [0, 0.1) is 19.7 Å². The van der Waals surface area contributed by atoms with E-state index in [0.717, 1.165) is 73.9 Å². The molecule has 0 atom stereocenters. The Morgan fingerprint density at radius 3 is 2.50 bits per heavy atom. The zero-order chi connectivity index (χ0) is 24.3. The summed E-state index contributed by atoms with van der Waals surface area (Å²) in [5, 5.41) is 0. The molecule has 1 aliphatic heterocycles. The number of carbonyl (C=O) groups is 1. The number of rotatable bonds is 11. The van der Waals surface area contributed by atoms with Crippen molar-refractivity contribution in [3.63, 3.8) is 0 Å². The standard InChI is InChI=1S/C28H41FN4O/c1-4-5-6-7-8-9-10-15-27(34)32-16-12-17-33(19-18-32)28-26(22(2)30-23(3)31-28)21-24-13-11-14-25(29)20-24/h11,13-14,20H,4-10,12,15-19,21H2,1-3H3. The molecule has 1 fully saturated rings. The monoisotopic (exact) mass is 468 g/mol. The molecular weight excluding hydrogens is 427 g/mol. The normalized spacial score (nSPS) is 14.4. The molecule has 0 bridgehead atoms. The van der Waals surface area contributed by atoms with E-state index in [1.54, 1.807) is 12.1 Å². The minimum Gasteiger partial charge on any atom is -0.354 e. The summed E-state index contributed by atoms with van der Waals surface area (Å²) < 4.78 is 13.8. The number of hydrogen-bond donors (Lipinski definition) is 0. The third-order valence-corrected chi connectivity index (χ3v) is 6.72. The van der Waals surface area contributed by atoms with Gasteiger partial charge in [-0.15, -0.1) is 0 Å². The van der Waals surface area contributed by atoms with Crippen LogP contribution in [0.4, 0.5) is 10.2 Å². The molecule has 0 aliphatic carbocycles. The van der Waals surface area contributed by atoms with E-state index in [2.05, 4.69) is 16.8 Å². The van der Waals surface area contributed by atoms with Gasteiger partial charge in [-0.1, -0.05) is 57.6 Å². The third-order valence-electron chi connectivity index (χ3n) is 6.72. The van der Waals surface area contributed by atoms with Crippen LogP contribution in [0.2, 0.25) is 0 Å². The van der Waals surface area contributed by atoms with Crippen molar-refractivity contribution >= 4 is 11.7 Å². The van der Waals surface area contributed by atoms with Crippen molar-refractivity contribution in [1.82, 2.24) is 14.9 Å². The molecule has 6 heteroatoms. The minimum absolute atomic E-state index is 0.227. The highest BCUT2D eigenvalue weighted by molar-refractivity contribution is 5.76. The van der Waals surface area contributed by atoms with Gasteiger partial charge in [0.15, 0.2) is 0 Å². The Morgan fingerprint density at radius 2 is 1.74 bits per heavy atom. The smallest absolute Gasteiger partial charge is 0.222 e. The van der Waals surface area contributed by atoms with Crippen molar-refractivity contribution in [3.05, 3.63) is 52.7 Å². The van der Waals surface area contributed by atoms with E-state index in [1.807, 2.05) is 24.8 Å². The second kappa shape index (κ2) is 13.4. The lowest BCUT2D eigenvalue weighted by molar-refractivity contribution is -0.131. The predicted octanol–water partition coefficient (Wildman–Crippen LogP) is 6.00. The fraction of sp³-hybridized carbons (Fsp3) is 0.607. The number of unbranched alkanes of at least 4 members (excludes halogenated alkanes) is 6. The largest absolute Gasteiger partial charge is 0.354 e. The lowest BCUT2D eigenvalue weighted by Crippen LogP contribution is -2.35. The van der Waals surface area contributed by atoms with Crippen LogP contribution in [-0.4, -0.2) is 47.0 Å². The summed E-state index contributed by atoms with van der Waals surface area (Å²) in [7, 11) is 0. The maximum atomic E-state index is 13.8. The topological polar surface area (TPSA) is 49.3 Å². The van der Waals surface area contributed by atoms with Gasteiger partial charge in [-0.3, -0.25) is 4.79 Å². The number of aryl methyl sites for hydroxylation is 2. The van der Waals surface area contributed by atoms with Crippen molar-refractivity contribution < 1.29 is 9.18 Å². The molecule has 34 heavy (non-hydrogen) atoms. The van der Waals surface area contributed by atoms with Gasteiger partial charge < -0.3 is 9.80 Å². The number of halogens is 1. The average molecular weight is 469 g/mol. The molecule has 0 unspecified atom stereocenters. The molecule has 5 nitrogen and oxygen atoms in total. The van der Waals surface area contributed by atoms with E-state index in [4.69, 9.17) is 4.98 Å². The Bertz CT molecular complexity index is 933. The van der Waals surface area contributed by atoms with Crippen molar-refractivity contribution in [2.45, 2.75) is 85.0 Å². The molecule has 1 aromatic carbocycles. The number of amides is 1. The van der Waals surface area contributed by atoms with Gasteiger partial charge in [-0.2, -0.15) is 0 Å². The SMILES string of the molecule is CCCCCCCCCC(=O)N1CCCN(c2nc(C)nc(C)c2Cc2cccc(F)c2)CC1. The number of carbonyl (C=O) groups excluding carboxylic acids is 1. The van der Waals surface area contributed by atoms with E-state index in [-0.39, 0.29) is 11.7 Å². The highest BCUT2D eigenvalue weighted by Gasteiger charge is 2.23. The van der Waals surface area contributed by atoms with Crippen molar-refractivity contribution in [1.29, 1.82) is 0 Å². The lowest BCUT2D eigenvalue weighted by atomic mass is 10.0. The number of benzene rings is 1. The second-order valence-electron chi connectivity index (χ2n) is 9.56. The maximum absolute atomic E-state index is 13.8. The van der Waals surface area contributed by atoms with Crippen LogP contribution in [0.1, 0.15) is 87.4 Å². The summed E-state index contributed by atoms with van der Waals surface area (Å²) in [4.78, 5) is 26.5. The highest BCUT2D eigenvalue weighted by atomic mass is 19.1. The first-order valence-electron chi connectivity index (χ1n) is 13.1. The Balaban J connectivity index is 1.59. The van der Waals surface area contributed by atoms with Crippen LogP contribution >= 0.6 is 0 Å². The van der Waals surface area contributed by atoms with Crippen LogP contribution in [0.15, 0.2) is 24.3 Å². The van der Waals surface area contributed by atoms with Crippen LogP contribution < -0.4 is 4.90 Å². The molecule has 2 heterocycles. The first-order valence-corrected chi connectivity index (χ1v) is 13.1. The molecule has 186 valence electrons. The van der Waals surface area contributed by atoms with Gasteiger partial charge in [0.25, 0.3) is 0 Å². The number of hydrogen-bond acceptors (Lipinski definition) is 4. The molecule has 0 radical (unpaired) electrons. The zero-order valence-corrected chi connectivity index (χ0v) is 21.3. The van der Waals surface area contributed by atoms with E-state index < -0.39 is 0 Å². The van der Waals surface area contributed by atoms with Crippen molar-refractivity contribution in [2.24, 2.45) is 0 Å². The van der Waals surface area contributed by atoms with Gasteiger partial charge in [0.05, 0.1) is 0 Å². The Kier molecular flexibility index (Phi) is 10.3. The Morgan fingerprint density at radius 1 is 0.971 bits per heavy atom. The van der Waals surface area contributed by atoms with Gasteiger partial charge >= 0.3 is 0 Å². The molecule has 2 aromatic rings. The molecule has 1 amide bonds. The van der Waals surface area contributed by atoms with Gasteiger partial charge in [-0.05, 0) is 44.4 Å². The van der Waals surface area contributed by atoms with Gasteiger partial charge in [0, 0.05) is 50.3 Å². The summed E-state index contributed by atoms with van der Waals surface area (Å²) in [5.41, 5.74) is 2.89. The van der Waals surface area contributed by atoms with E-state index >= 15 is 0 Å². The van der Waals surface area contributed by atoms with Crippen LogP contribution in [0.3, 0.4) is 0 Å². The Labute approximate surface area is 204 Å². The number of aromatic nitrogens is 2. The van der Waals surface area contributed by atoms with Gasteiger partial charge in [0.1, 0.15) is 17.5 Å². The lowest BCUT2D eigenvalue weighted by Gasteiger charge is -2.26. The molecule has 3 rings (SSSR count). The molecule has 0 saturated carbocycles. The van der Waals surface area contributed by atoms with Crippen LogP contribution in [0.5, 0.6) is 0 Å². The third kappa shape index (κ3) is 7.78. The van der Waals surface area contributed by atoms with E-state index in [1.165, 1.54) is 38.2 Å². The second-order valence-corrected chi connectivity index (χ2v) is 9.56. The van der Waals surface area contributed by atoms with E-state index in [9.17, 15) is 9.18 Å². The number of nitrogens with zero attached hydrogens (tertiary/aromatic N) is 4. The Hall–Kier alpha value is -2.50. The first kappa shape index (κ1) is 26.1. The molecule has 0 N–H and O–H groups in total. The molecular formula is C28H41FN4O. The zero-order valence-electron chi connectivity index (χ0n) is 21.3. The minimum atomic E-state index is -0.227. The summed E-state index contributed by atoms with van der Waals surface area (Å²) in [5.74, 6) is 1.72. The molecule has 1 aromatic heterocycles. The summed E-state index contributed by atoms with van der Waals surface area (Å²) in [6.45, 7) is 9.29. The van der Waals surface area contributed by atoms with Gasteiger partial charge in [-0.25, -0.2) is 14.4 Å². The first-order chi connectivity index (χ1) is 16.5. The molecule has 1 aliphatic rings.